The minimum Gasteiger partial charge on any atom is -0.506 e. The van der Waals surface area contributed by atoms with Gasteiger partial charge in [-0.1, -0.05) is 112 Å². The molecule has 2 amide bonds. The molecule has 3 fully saturated rings. The normalized spacial score (nSPS) is 17.7. The number of rotatable bonds is 19. The zero-order valence-electron chi connectivity index (χ0n) is 46.1. The Labute approximate surface area is 464 Å². The number of thiophene rings is 1. The van der Waals surface area contributed by atoms with E-state index in [1.54, 1.807) is 66.7 Å². The number of phenols is 1. The molecule has 3 saturated heterocycles. The summed E-state index contributed by atoms with van der Waals surface area (Å²) in [5, 5.41) is 23.7. The van der Waals surface area contributed by atoms with Crippen LogP contribution in [0.5, 0.6) is 11.5 Å². The zero-order chi connectivity index (χ0) is 55.0. The molecule has 9 rings (SSSR count). The molecule has 0 aliphatic carbocycles. The third kappa shape index (κ3) is 13.5. The van der Waals surface area contributed by atoms with Gasteiger partial charge < -0.3 is 38.9 Å². The van der Waals surface area contributed by atoms with Gasteiger partial charge in [-0.2, -0.15) is 0 Å². The van der Waals surface area contributed by atoms with E-state index in [9.17, 15) is 29.4 Å². The van der Waals surface area contributed by atoms with Crippen LogP contribution in [0.25, 0.3) is 10.9 Å². The number of carbonyl (C=O) groups excluding carboxylic acids is 3. The van der Waals surface area contributed by atoms with E-state index in [2.05, 4.69) is 68.0 Å². The number of hydrogen-bond acceptors (Lipinski definition) is 11. The summed E-state index contributed by atoms with van der Waals surface area (Å²) in [6.07, 6.45) is 7.69. The molecule has 2 atom stereocenters. The number of aromatic nitrogens is 1. The predicted molar refractivity (Wildman–Crippen MR) is 309 cm³/mol. The van der Waals surface area contributed by atoms with Crippen LogP contribution in [-0.4, -0.2) is 108 Å². The lowest BCUT2D eigenvalue weighted by atomic mass is 9.86. The topological polar surface area (TPSA) is 162 Å². The molecule has 0 bridgehead atoms. The van der Waals surface area contributed by atoms with Crippen molar-refractivity contribution in [2.75, 3.05) is 52.5 Å². The number of fused-ring (bicyclic) bond motifs is 1. The molecule has 3 N–H and O–H groups in total. The molecular formula is C63H78N4O9SSi. The number of esters is 1. The molecule has 3 aliphatic heterocycles. The van der Waals surface area contributed by atoms with Gasteiger partial charge in [0, 0.05) is 49.7 Å². The van der Waals surface area contributed by atoms with Gasteiger partial charge in [0.05, 0.1) is 34.6 Å². The first kappa shape index (κ1) is 56.6. The number of ether oxygens (including phenoxy) is 2. The number of aromatic hydroxyl groups is 1. The number of aromatic amines is 1. The largest absolute Gasteiger partial charge is 0.506 e. The van der Waals surface area contributed by atoms with Crippen LogP contribution in [0.2, 0.25) is 18.1 Å². The lowest BCUT2D eigenvalue weighted by Gasteiger charge is -2.40. The molecule has 0 saturated carbocycles. The fourth-order valence-corrected chi connectivity index (χ4v) is 13.4. The van der Waals surface area contributed by atoms with Crippen molar-refractivity contribution in [3.63, 3.8) is 0 Å². The summed E-state index contributed by atoms with van der Waals surface area (Å²) in [4.78, 5) is 64.0. The highest BCUT2D eigenvalue weighted by Crippen LogP contribution is 2.43. The first-order chi connectivity index (χ1) is 37.4. The summed E-state index contributed by atoms with van der Waals surface area (Å²) in [5.41, 5.74) is 1.20. The summed E-state index contributed by atoms with van der Waals surface area (Å²) >= 11 is 1.27. The zero-order valence-corrected chi connectivity index (χ0v) is 47.9. The molecule has 414 valence electrons. The molecule has 0 radical (unpaired) electrons. The number of pyridine rings is 1. The Morgan fingerprint density at radius 1 is 0.705 bits per heavy atom. The summed E-state index contributed by atoms with van der Waals surface area (Å²) in [5.74, 6) is 0.665. The van der Waals surface area contributed by atoms with Gasteiger partial charge in [0.1, 0.15) is 11.5 Å². The van der Waals surface area contributed by atoms with Gasteiger partial charge in [0.25, 0.3) is 11.8 Å². The fraction of sp³-hybridized carbons (Fsp3) is 0.460. The molecule has 0 unspecified atom stereocenters. The maximum absolute atomic E-state index is 14.0. The standard InChI is InChI=1S/C63H78N4O9SSi/c1-62(2,3)78(4,5)76-54(51-22-24-53(68)58-52(51)23-27-57(69)64-58)21-12-16-44-30-36-66(37-31-44)59(70)55-25-26-56(77-55)60(71)67-38-32-47(33-39-67)42-74-50-20-13-19-49(40-50)63(73,48-17-10-7-11-18-48)61(72)75-43-46-28-34-65(35-29-46)41-45-14-8-6-9-15-45/h6-11,13-15,17-20,22-27,40,44,46-47,54,68,73H,12,16,21,28-39,41-43H2,1-5H3,(H,64,69)/t54-,63-/m0/s1. The van der Waals surface area contributed by atoms with Crippen LogP contribution in [0.15, 0.2) is 126 Å². The highest BCUT2D eigenvalue weighted by molar-refractivity contribution is 7.15. The average molecular weight is 1100 g/mol. The Bertz CT molecular complexity index is 3040. The molecule has 4 aromatic carbocycles. The summed E-state index contributed by atoms with van der Waals surface area (Å²) < 4.78 is 19.4. The van der Waals surface area contributed by atoms with Crippen molar-refractivity contribution in [1.29, 1.82) is 0 Å². The molecule has 6 aromatic rings. The van der Waals surface area contributed by atoms with Crippen molar-refractivity contribution in [3.05, 3.63) is 164 Å². The van der Waals surface area contributed by atoms with Crippen molar-refractivity contribution in [2.24, 2.45) is 17.8 Å². The number of aliphatic hydroxyl groups is 1. The van der Waals surface area contributed by atoms with Crippen molar-refractivity contribution < 1.29 is 38.5 Å². The number of amides is 2. The fourth-order valence-electron chi connectivity index (χ4n) is 11.1. The van der Waals surface area contributed by atoms with E-state index in [1.165, 1.54) is 23.0 Å². The first-order valence-electron chi connectivity index (χ1n) is 28.1. The van der Waals surface area contributed by atoms with Crippen molar-refractivity contribution >= 4 is 48.3 Å². The number of carbonyl (C=O) groups is 3. The van der Waals surface area contributed by atoms with E-state index in [-0.39, 0.29) is 52.7 Å². The molecule has 5 heterocycles. The number of benzene rings is 4. The minimum absolute atomic E-state index is 0.00146. The van der Waals surface area contributed by atoms with Crippen LogP contribution in [0.4, 0.5) is 0 Å². The monoisotopic (exact) mass is 1090 g/mol. The van der Waals surface area contributed by atoms with Crippen LogP contribution in [-0.2, 0) is 26.1 Å². The van der Waals surface area contributed by atoms with Crippen LogP contribution >= 0.6 is 11.3 Å². The number of phenolic OH excluding ortho intramolecular Hbond substituents is 1. The van der Waals surface area contributed by atoms with E-state index in [1.807, 2.05) is 34.1 Å². The highest BCUT2D eigenvalue weighted by Gasteiger charge is 2.43. The molecule has 3 aliphatic rings. The van der Waals surface area contributed by atoms with Crippen molar-refractivity contribution in [3.8, 4) is 11.5 Å². The SMILES string of the molecule is CC(C)(C)[Si](C)(C)O[C@@H](CCCC1CCN(C(=O)c2ccc(C(=O)N3CCC(COc4cccc([C@](O)(C(=O)OCC5CCN(Cc6ccccc6)CC5)c5ccccc5)c4)CC3)s2)CC1)c1ccc(O)c2[nH]c(=O)ccc12. The second kappa shape index (κ2) is 24.9. The van der Waals surface area contributed by atoms with Crippen molar-refractivity contribution in [1.82, 2.24) is 19.7 Å². The molecule has 78 heavy (non-hydrogen) atoms. The van der Waals surface area contributed by atoms with E-state index < -0.39 is 19.9 Å². The maximum atomic E-state index is 14.0. The molecule has 13 nitrogen and oxygen atoms in total. The van der Waals surface area contributed by atoms with E-state index >= 15 is 0 Å². The number of H-pyrrole nitrogens is 1. The summed E-state index contributed by atoms with van der Waals surface area (Å²) in [6.45, 7) is 17.1. The number of nitrogens with zero attached hydrogens (tertiary/aromatic N) is 3. The predicted octanol–water partition coefficient (Wildman–Crippen LogP) is 11.7. The van der Waals surface area contributed by atoms with E-state index in [0.717, 1.165) is 88.4 Å². The Kier molecular flexibility index (Phi) is 18.1. The molecule has 0 spiro atoms. The second-order valence-corrected chi connectivity index (χ2v) is 29.3. The molecule has 15 heteroatoms. The van der Waals surface area contributed by atoms with Gasteiger partial charge in [-0.25, -0.2) is 4.79 Å². The quantitative estimate of drug-likeness (QED) is 0.0526. The third-order valence-electron chi connectivity index (χ3n) is 17.0. The third-order valence-corrected chi connectivity index (χ3v) is 22.6. The molecular weight excluding hydrogens is 1020 g/mol. The Balaban J connectivity index is 0.726. The summed E-state index contributed by atoms with van der Waals surface area (Å²) in [6, 6.07) is 36.9. The number of hydrogen-bond donors (Lipinski definition) is 3. The van der Waals surface area contributed by atoms with Gasteiger partial charge in [-0.15, -0.1) is 11.3 Å². The van der Waals surface area contributed by atoms with Gasteiger partial charge in [0.15, 0.2) is 8.32 Å². The van der Waals surface area contributed by atoms with Gasteiger partial charge in [-0.3, -0.25) is 19.3 Å². The number of piperidine rings is 3. The average Bonchev–Trinajstić information content (AvgIpc) is 4.02. The Morgan fingerprint density at radius 3 is 1.94 bits per heavy atom. The Morgan fingerprint density at radius 2 is 1.29 bits per heavy atom. The van der Waals surface area contributed by atoms with E-state index in [4.69, 9.17) is 13.9 Å². The lowest BCUT2D eigenvalue weighted by Crippen LogP contribution is -2.42. The van der Waals surface area contributed by atoms with Gasteiger partial charge in [0.2, 0.25) is 11.2 Å². The van der Waals surface area contributed by atoms with Gasteiger partial charge in [-0.05, 0) is 147 Å². The van der Waals surface area contributed by atoms with Gasteiger partial charge >= 0.3 is 5.97 Å². The highest BCUT2D eigenvalue weighted by atomic mass is 32.1. The smallest absolute Gasteiger partial charge is 0.347 e. The number of likely N-dealkylation sites (tertiary alicyclic amines) is 3. The van der Waals surface area contributed by atoms with Crippen LogP contribution < -0.4 is 10.3 Å². The van der Waals surface area contributed by atoms with Crippen LogP contribution in [0.1, 0.15) is 126 Å². The lowest BCUT2D eigenvalue weighted by molar-refractivity contribution is -0.164. The second-order valence-electron chi connectivity index (χ2n) is 23.4. The number of nitrogens with one attached hydrogen (secondary N) is 1. The summed E-state index contributed by atoms with van der Waals surface area (Å²) in [7, 11) is -2.19. The minimum atomic E-state index is -2.19. The van der Waals surface area contributed by atoms with Crippen molar-refractivity contribution in [2.45, 2.75) is 115 Å². The van der Waals surface area contributed by atoms with E-state index in [0.29, 0.717) is 70.9 Å². The maximum Gasteiger partial charge on any atom is 0.347 e. The molecule has 2 aromatic heterocycles. The van der Waals surface area contributed by atoms with Crippen LogP contribution in [0, 0.1) is 17.8 Å². The Hall–Kier alpha value is -6.10. The van der Waals surface area contributed by atoms with Crippen LogP contribution in [0.3, 0.4) is 0 Å². The first-order valence-corrected chi connectivity index (χ1v) is 31.8.